The van der Waals surface area contributed by atoms with Crippen LogP contribution in [-0.2, 0) is 9.63 Å². The zero-order chi connectivity index (χ0) is 13.8. The van der Waals surface area contributed by atoms with Crippen molar-refractivity contribution >= 4 is 6.41 Å². The molecule has 2 unspecified atom stereocenters. The minimum Gasteiger partial charge on any atom is -0.391 e. The number of aliphatic hydroxyl groups excluding tert-OH is 1. The molecule has 0 saturated carbocycles. The fraction of sp³-hybridized carbons (Fsp3) is 0.500. The number of rotatable bonds is 5. The van der Waals surface area contributed by atoms with Gasteiger partial charge in [0.2, 0.25) is 6.41 Å². The van der Waals surface area contributed by atoms with Gasteiger partial charge in [-0.2, -0.15) is 0 Å². The fourth-order valence-electron chi connectivity index (χ4n) is 1.75. The Hall–Kier alpha value is -1.39. The smallest absolute Gasteiger partial charge is 0.234 e. The molecular weight excluding hydrogens is 230 g/mol. The van der Waals surface area contributed by atoms with Crippen LogP contribution in [0.15, 0.2) is 30.3 Å². The highest BCUT2D eigenvalue weighted by Crippen LogP contribution is 2.26. The molecule has 0 aliphatic rings. The third-order valence-corrected chi connectivity index (χ3v) is 2.36. The number of nitrogens with zero attached hydrogens (tertiary/aromatic N) is 1. The van der Waals surface area contributed by atoms with Gasteiger partial charge < -0.3 is 5.11 Å². The number of carbonyl (C=O) groups excluding carboxylic acids is 1. The predicted octanol–water partition coefficient (Wildman–Crippen LogP) is 2.30. The Morgan fingerprint density at radius 1 is 1.28 bits per heavy atom. The number of hydroxylamine groups is 2. The minimum absolute atomic E-state index is 0.497. The highest BCUT2D eigenvalue weighted by atomic mass is 16.7. The van der Waals surface area contributed by atoms with Gasteiger partial charge in [0.15, 0.2) is 0 Å². The number of amides is 1. The monoisotopic (exact) mass is 251 g/mol. The van der Waals surface area contributed by atoms with Crippen molar-refractivity contribution in [3.05, 3.63) is 35.9 Å². The first-order chi connectivity index (χ1) is 8.35. The summed E-state index contributed by atoms with van der Waals surface area (Å²) in [5.74, 6) is 0. The van der Waals surface area contributed by atoms with Gasteiger partial charge in [0.25, 0.3) is 0 Å². The first kappa shape index (κ1) is 14.7. The second-order valence-corrected chi connectivity index (χ2v) is 5.27. The number of benzene rings is 1. The third-order valence-electron chi connectivity index (χ3n) is 2.36. The quantitative estimate of drug-likeness (QED) is 0.645. The van der Waals surface area contributed by atoms with Crippen molar-refractivity contribution in [3.63, 3.8) is 0 Å². The first-order valence-electron chi connectivity index (χ1n) is 6.01. The van der Waals surface area contributed by atoms with Crippen LogP contribution in [0, 0.1) is 0 Å². The summed E-state index contributed by atoms with van der Waals surface area (Å²) >= 11 is 0. The van der Waals surface area contributed by atoms with Gasteiger partial charge in [-0.15, -0.1) is 0 Å². The molecule has 1 rings (SSSR count). The molecule has 18 heavy (non-hydrogen) atoms. The normalized spacial score (nSPS) is 14.9. The average Bonchev–Trinajstić information content (AvgIpc) is 2.27. The van der Waals surface area contributed by atoms with Crippen LogP contribution < -0.4 is 0 Å². The molecule has 0 saturated heterocycles. The summed E-state index contributed by atoms with van der Waals surface area (Å²) in [6.07, 6.45) is -0.115. The molecule has 1 amide bonds. The molecule has 1 aromatic carbocycles. The van der Waals surface area contributed by atoms with E-state index >= 15 is 0 Å². The predicted molar refractivity (Wildman–Crippen MR) is 69.6 cm³/mol. The minimum atomic E-state index is -0.722. The molecule has 4 nitrogen and oxygen atoms in total. The maximum atomic E-state index is 11.2. The Balaban J connectivity index is 3.00. The van der Waals surface area contributed by atoms with Crippen molar-refractivity contribution in [2.75, 3.05) is 0 Å². The fourth-order valence-corrected chi connectivity index (χ4v) is 1.75. The summed E-state index contributed by atoms with van der Waals surface area (Å²) in [4.78, 5) is 16.8. The van der Waals surface area contributed by atoms with E-state index in [0.29, 0.717) is 6.41 Å². The molecule has 0 aliphatic heterocycles. The van der Waals surface area contributed by atoms with E-state index in [1.807, 2.05) is 51.1 Å². The van der Waals surface area contributed by atoms with Gasteiger partial charge in [-0.3, -0.25) is 9.63 Å². The van der Waals surface area contributed by atoms with Gasteiger partial charge in [0.05, 0.1) is 11.7 Å². The van der Waals surface area contributed by atoms with E-state index in [9.17, 15) is 9.90 Å². The van der Waals surface area contributed by atoms with Crippen LogP contribution in [-0.4, -0.2) is 28.3 Å². The second-order valence-electron chi connectivity index (χ2n) is 5.27. The molecule has 0 radical (unpaired) electrons. The Bertz CT molecular complexity index is 370. The van der Waals surface area contributed by atoms with Gasteiger partial charge in [-0.05, 0) is 33.3 Å². The SMILES string of the molecule is CC(O)C(c1ccccc1)N(C=O)OC(C)(C)C. The third kappa shape index (κ3) is 4.13. The van der Waals surface area contributed by atoms with Crippen LogP contribution in [0.4, 0.5) is 0 Å². The molecule has 1 aromatic rings. The standard InChI is InChI=1S/C14H21NO3/c1-11(17)13(12-8-6-5-7-9-12)15(10-16)18-14(2,3)4/h5-11,13,17H,1-4H3. The van der Waals surface area contributed by atoms with E-state index in [2.05, 4.69) is 0 Å². The summed E-state index contributed by atoms with van der Waals surface area (Å²) in [7, 11) is 0. The van der Waals surface area contributed by atoms with Gasteiger partial charge in [0, 0.05) is 0 Å². The molecule has 4 heteroatoms. The Morgan fingerprint density at radius 2 is 1.83 bits per heavy atom. The molecule has 1 N–H and O–H groups in total. The number of hydrogen-bond acceptors (Lipinski definition) is 3. The zero-order valence-electron chi connectivity index (χ0n) is 11.3. The topological polar surface area (TPSA) is 49.8 Å². The number of carbonyl (C=O) groups is 1. The van der Waals surface area contributed by atoms with Crippen molar-refractivity contribution in [2.24, 2.45) is 0 Å². The van der Waals surface area contributed by atoms with Crippen molar-refractivity contribution < 1.29 is 14.7 Å². The van der Waals surface area contributed by atoms with E-state index in [0.717, 1.165) is 5.56 Å². The van der Waals surface area contributed by atoms with E-state index in [1.165, 1.54) is 5.06 Å². The lowest BCUT2D eigenvalue weighted by Gasteiger charge is -2.34. The van der Waals surface area contributed by atoms with Crippen LogP contribution in [0.5, 0.6) is 0 Å². The van der Waals surface area contributed by atoms with Gasteiger partial charge in [-0.1, -0.05) is 30.3 Å². The maximum Gasteiger partial charge on any atom is 0.234 e. The van der Waals surface area contributed by atoms with E-state index in [1.54, 1.807) is 6.92 Å². The summed E-state index contributed by atoms with van der Waals surface area (Å²) < 4.78 is 0. The van der Waals surface area contributed by atoms with Crippen LogP contribution in [0.25, 0.3) is 0 Å². The van der Waals surface area contributed by atoms with E-state index < -0.39 is 17.7 Å². The van der Waals surface area contributed by atoms with Crippen LogP contribution >= 0.6 is 0 Å². The van der Waals surface area contributed by atoms with Crippen LogP contribution in [0.1, 0.15) is 39.3 Å². The second kappa shape index (κ2) is 5.98. The van der Waals surface area contributed by atoms with Gasteiger partial charge in [0.1, 0.15) is 6.04 Å². The molecule has 2 atom stereocenters. The molecule has 0 fully saturated rings. The van der Waals surface area contributed by atoms with Crippen molar-refractivity contribution in [3.8, 4) is 0 Å². The Morgan fingerprint density at radius 3 is 2.22 bits per heavy atom. The zero-order valence-corrected chi connectivity index (χ0v) is 11.3. The van der Waals surface area contributed by atoms with Crippen molar-refractivity contribution in [2.45, 2.75) is 45.4 Å². The van der Waals surface area contributed by atoms with E-state index in [-0.39, 0.29) is 0 Å². The summed E-state index contributed by atoms with van der Waals surface area (Å²) in [5, 5.41) is 11.1. The van der Waals surface area contributed by atoms with Gasteiger partial charge in [-0.25, -0.2) is 5.06 Å². The first-order valence-corrected chi connectivity index (χ1v) is 6.01. The lowest BCUT2D eigenvalue weighted by molar-refractivity contribution is -0.243. The number of aliphatic hydroxyl groups is 1. The number of hydrogen-bond donors (Lipinski definition) is 1. The van der Waals surface area contributed by atoms with E-state index in [4.69, 9.17) is 4.84 Å². The molecule has 0 aliphatic carbocycles. The molecule has 0 bridgehead atoms. The lowest BCUT2D eigenvalue weighted by Crippen LogP contribution is -2.40. The summed E-state index contributed by atoms with van der Waals surface area (Å²) in [5.41, 5.74) is 0.340. The maximum absolute atomic E-state index is 11.2. The molecule has 100 valence electrons. The van der Waals surface area contributed by atoms with Gasteiger partial charge >= 0.3 is 0 Å². The molecular formula is C14H21NO3. The summed E-state index contributed by atoms with van der Waals surface area (Å²) in [6, 6.07) is 8.83. The van der Waals surface area contributed by atoms with Crippen LogP contribution in [0.2, 0.25) is 0 Å². The molecule has 0 aromatic heterocycles. The highest BCUT2D eigenvalue weighted by molar-refractivity contribution is 5.47. The Labute approximate surface area is 108 Å². The van der Waals surface area contributed by atoms with Crippen LogP contribution in [0.3, 0.4) is 0 Å². The molecule has 0 spiro atoms. The van der Waals surface area contributed by atoms with Crippen molar-refractivity contribution in [1.82, 2.24) is 5.06 Å². The lowest BCUT2D eigenvalue weighted by atomic mass is 10.0. The largest absolute Gasteiger partial charge is 0.391 e. The summed E-state index contributed by atoms with van der Waals surface area (Å²) in [6.45, 7) is 7.20. The average molecular weight is 251 g/mol. The van der Waals surface area contributed by atoms with Crippen molar-refractivity contribution in [1.29, 1.82) is 0 Å². The highest BCUT2D eigenvalue weighted by Gasteiger charge is 2.28. The molecule has 0 heterocycles. The Kier molecular flexibility index (Phi) is 4.87.